The maximum atomic E-state index is 11.8. The van der Waals surface area contributed by atoms with Crippen LogP contribution in [0.1, 0.15) is 22.3 Å². The van der Waals surface area contributed by atoms with E-state index in [0.29, 0.717) is 22.9 Å². The molecule has 0 bridgehead atoms. The molecule has 0 fully saturated rings. The largest absolute Gasteiger partial charge is 0.422 e. The van der Waals surface area contributed by atoms with Crippen molar-refractivity contribution in [3.05, 3.63) is 39.7 Å². The van der Waals surface area contributed by atoms with Crippen molar-refractivity contribution in [2.45, 2.75) is 6.42 Å². The molecule has 1 aliphatic heterocycles. The van der Waals surface area contributed by atoms with Gasteiger partial charge >= 0.3 is 5.63 Å². The monoisotopic (exact) mass is 303 g/mol. The summed E-state index contributed by atoms with van der Waals surface area (Å²) in [5, 5.41) is 0.445. The minimum Gasteiger partial charge on any atom is -0.422 e. The number of carbonyl (C=O) groups is 1. The number of carbonyl (C=O) groups excluding carboxylic acids is 1. The molecule has 0 aliphatic carbocycles. The topological polar surface area (TPSA) is 93.4 Å². The Hall–Kier alpha value is -2.59. The first-order valence-corrected chi connectivity index (χ1v) is 7.70. The number of hydrogen-bond acceptors (Lipinski definition) is 5. The van der Waals surface area contributed by atoms with E-state index in [4.69, 9.17) is 4.42 Å². The number of fused-ring (bicyclic) bond motifs is 2. The predicted octanol–water partition coefficient (Wildman–Crippen LogP) is 1.10. The molecular formula is C14H9NO5S. The van der Waals surface area contributed by atoms with Gasteiger partial charge in [0.2, 0.25) is 10.0 Å². The van der Waals surface area contributed by atoms with Crippen molar-refractivity contribution >= 4 is 33.0 Å². The third kappa shape index (κ3) is 2.53. The molecule has 106 valence electrons. The Labute approximate surface area is 119 Å². The minimum absolute atomic E-state index is 0.0824. The van der Waals surface area contributed by atoms with Gasteiger partial charge < -0.3 is 4.42 Å². The zero-order valence-corrected chi connectivity index (χ0v) is 11.5. The first kappa shape index (κ1) is 13.4. The molecule has 0 saturated carbocycles. The Morgan fingerprint density at radius 3 is 2.86 bits per heavy atom. The van der Waals surface area contributed by atoms with E-state index in [2.05, 4.69) is 16.6 Å². The molecule has 0 unspecified atom stereocenters. The Kier molecular flexibility index (Phi) is 3.03. The van der Waals surface area contributed by atoms with Gasteiger partial charge in [-0.15, -0.1) is 0 Å². The van der Waals surface area contributed by atoms with Gasteiger partial charge in [-0.25, -0.2) is 13.2 Å². The molecule has 7 heteroatoms. The summed E-state index contributed by atoms with van der Waals surface area (Å²) in [6, 6.07) is 4.34. The number of nitrogens with one attached hydrogen (secondary N) is 1. The van der Waals surface area contributed by atoms with Gasteiger partial charge in [0.25, 0.3) is 0 Å². The molecule has 0 atom stereocenters. The highest BCUT2D eigenvalue weighted by Gasteiger charge is 2.16. The number of aldehydes is 1. The average Bonchev–Trinajstić information content (AvgIpc) is 2.41. The van der Waals surface area contributed by atoms with Gasteiger partial charge in [-0.05, 0) is 18.2 Å². The van der Waals surface area contributed by atoms with Crippen LogP contribution in [0, 0.1) is 11.8 Å². The molecule has 2 heterocycles. The van der Waals surface area contributed by atoms with E-state index in [1.807, 2.05) is 0 Å². The zero-order valence-electron chi connectivity index (χ0n) is 10.7. The van der Waals surface area contributed by atoms with Crippen LogP contribution in [-0.4, -0.2) is 20.5 Å². The highest BCUT2D eigenvalue weighted by molar-refractivity contribution is 7.92. The van der Waals surface area contributed by atoms with Gasteiger partial charge in [0.1, 0.15) is 11.1 Å². The SMILES string of the molecule is O=Cc1cc2cc3c(cc2oc1=O)C#CCCS(=O)(=O)N3. The van der Waals surface area contributed by atoms with Gasteiger partial charge in [0, 0.05) is 11.8 Å². The number of anilines is 1. The second kappa shape index (κ2) is 4.75. The van der Waals surface area contributed by atoms with Crippen LogP contribution in [0.5, 0.6) is 0 Å². The van der Waals surface area contributed by atoms with E-state index in [1.54, 1.807) is 0 Å². The third-order valence-corrected chi connectivity index (χ3v) is 4.28. The number of benzene rings is 1. The number of rotatable bonds is 1. The van der Waals surface area contributed by atoms with Gasteiger partial charge in [-0.3, -0.25) is 9.52 Å². The van der Waals surface area contributed by atoms with Crippen molar-refractivity contribution < 1.29 is 17.6 Å². The van der Waals surface area contributed by atoms with Crippen LogP contribution < -0.4 is 10.3 Å². The van der Waals surface area contributed by atoms with Crippen LogP contribution in [0.4, 0.5) is 5.69 Å². The standard InChI is InChI=1S/C14H9NO5S/c16-8-11-5-10-6-12-9(7-13(10)20-14(11)17)3-1-2-4-21(18,19)15-12/h5-8,15H,2,4H2. The summed E-state index contributed by atoms with van der Waals surface area (Å²) in [5.41, 5.74) is 0.116. The molecule has 0 saturated heterocycles. The van der Waals surface area contributed by atoms with Crippen molar-refractivity contribution in [2.24, 2.45) is 0 Å². The fourth-order valence-corrected chi connectivity index (χ4v) is 2.99. The summed E-state index contributed by atoms with van der Waals surface area (Å²) in [4.78, 5) is 22.3. The highest BCUT2D eigenvalue weighted by atomic mass is 32.2. The van der Waals surface area contributed by atoms with E-state index >= 15 is 0 Å². The summed E-state index contributed by atoms with van der Waals surface area (Å²) >= 11 is 0. The first-order chi connectivity index (χ1) is 9.98. The van der Waals surface area contributed by atoms with Crippen molar-refractivity contribution in [1.29, 1.82) is 0 Å². The van der Waals surface area contributed by atoms with Crippen molar-refractivity contribution in [1.82, 2.24) is 0 Å². The highest BCUT2D eigenvalue weighted by Crippen LogP contribution is 2.25. The van der Waals surface area contributed by atoms with Crippen LogP contribution in [-0.2, 0) is 10.0 Å². The van der Waals surface area contributed by atoms with Crippen LogP contribution in [0.3, 0.4) is 0 Å². The summed E-state index contributed by atoms with van der Waals surface area (Å²) in [5.74, 6) is 5.51. The van der Waals surface area contributed by atoms with Gasteiger partial charge in [0.15, 0.2) is 6.29 Å². The van der Waals surface area contributed by atoms with Crippen LogP contribution in [0.15, 0.2) is 27.4 Å². The summed E-state index contributed by atoms with van der Waals surface area (Å²) in [6.07, 6.45) is 0.618. The lowest BCUT2D eigenvalue weighted by Gasteiger charge is -2.12. The van der Waals surface area contributed by atoms with Crippen molar-refractivity contribution in [3.8, 4) is 11.8 Å². The Balaban J connectivity index is 2.31. The lowest BCUT2D eigenvalue weighted by Crippen LogP contribution is -2.18. The average molecular weight is 303 g/mol. The van der Waals surface area contributed by atoms with E-state index in [1.165, 1.54) is 18.2 Å². The Morgan fingerprint density at radius 2 is 2.10 bits per heavy atom. The van der Waals surface area contributed by atoms with Crippen LogP contribution >= 0.6 is 0 Å². The van der Waals surface area contributed by atoms with E-state index < -0.39 is 15.6 Å². The predicted molar refractivity (Wildman–Crippen MR) is 76.8 cm³/mol. The van der Waals surface area contributed by atoms with E-state index in [-0.39, 0.29) is 23.3 Å². The number of sulfonamides is 1. The maximum Gasteiger partial charge on any atom is 0.346 e. The second-order valence-corrected chi connectivity index (χ2v) is 6.36. The lowest BCUT2D eigenvalue weighted by molar-refractivity contribution is 0.112. The maximum absolute atomic E-state index is 11.8. The zero-order chi connectivity index (χ0) is 15.0. The summed E-state index contributed by atoms with van der Waals surface area (Å²) in [7, 11) is -3.46. The lowest BCUT2D eigenvalue weighted by atomic mass is 10.1. The molecular weight excluding hydrogens is 294 g/mol. The summed E-state index contributed by atoms with van der Waals surface area (Å²) < 4.78 is 31.1. The van der Waals surface area contributed by atoms with Gasteiger partial charge in [0.05, 0.1) is 17.0 Å². The van der Waals surface area contributed by atoms with E-state index in [9.17, 15) is 18.0 Å². The molecule has 1 aromatic carbocycles. The second-order valence-electron chi connectivity index (χ2n) is 4.52. The van der Waals surface area contributed by atoms with Gasteiger partial charge in [-0.2, -0.15) is 0 Å². The van der Waals surface area contributed by atoms with Crippen LogP contribution in [0.2, 0.25) is 0 Å². The fourth-order valence-electron chi connectivity index (χ4n) is 2.01. The molecule has 0 radical (unpaired) electrons. The van der Waals surface area contributed by atoms with Crippen molar-refractivity contribution in [3.63, 3.8) is 0 Å². The van der Waals surface area contributed by atoms with Crippen LogP contribution in [0.25, 0.3) is 11.0 Å². The molecule has 1 N–H and O–H groups in total. The summed E-state index contributed by atoms with van der Waals surface area (Å²) in [6.45, 7) is 0. The third-order valence-electron chi connectivity index (χ3n) is 3.01. The molecule has 3 rings (SSSR count). The molecule has 0 spiro atoms. The smallest absolute Gasteiger partial charge is 0.346 e. The molecule has 0 amide bonds. The minimum atomic E-state index is -3.46. The molecule has 2 aromatic rings. The van der Waals surface area contributed by atoms with Crippen molar-refractivity contribution in [2.75, 3.05) is 10.5 Å². The fraction of sp³-hybridized carbons (Fsp3) is 0.143. The number of hydrogen-bond donors (Lipinski definition) is 1. The van der Waals surface area contributed by atoms with E-state index in [0.717, 1.165) is 0 Å². The first-order valence-electron chi connectivity index (χ1n) is 6.05. The Bertz CT molecular complexity index is 976. The normalized spacial score (nSPS) is 15.8. The quantitative estimate of drug-likeness (QED) is 0.484. The molecule has 1 aromatic heterocycles. The molecule has 21 heavy (non-hydrogen) atoms. The molecule has 6 nitrogen and oxygen atoms in total. The Morgan fingerprint density at radius 1 is 1.29 bits per heavy atom. The molecule has 1 aliphatic rings. The van der Waals surface area contributed by atoms with Gasteiger partial charge in [-0.1, -0.05) is 11.8 Å².